The second-order valence-corrected chi connectivity index (χ2v) is 12.1. The van der Waals surface area contributed by atoms with Gasteiger partial charge in [0.15, 0.2) is 0 Å². The molecule has 0 aromatic heterocycles. The second kappa shape index (κ2) is 14.9. The maximum atomic E-state index is 14.1. The van der Waals surface area contributed by atoms with Gasteiger partial charge in [-0.1, -0.05) is 92.5 Å². The van der Waals surface area contributed by atoms with E-state index < -0.39 is 28.5 Å². The number of para-hydroxylation sites is 1. The molecule has 0 radical (unpaired) electrons. The van der Waals surface area contributed by atoms with Gasteiger partial charge in [0.05, 0.1) is 11.9 Å². The molecule has 1 N–H and O–H groups in total. The van der Waals surface area contributed by atoms with Crippen molar-refractivity contribution in [2.75, 3.05) is 23.7 Å². The molecule has 3 aromatic rings. The van der Waals surface area contributed by atoms with Crippen LogP contribution in [0.25, 0.3) is 0 Å². The van der Waals surface area contributed by atoms with Gasteiger partial charge >= 0.3 is 0 Å². The van der Waals surface area contributed by atoms with Gasteiger partial charge in [-0.15, -0.1) is 0 Å². The molecule has 214 valence electrons. The number of hydrogen-bond acceptors (Lipinski definition) is 4. The molecule has 0 unspecified atom stereocenters. The van der Waals surface area contributed by atoms with E-state index in [1.54, 1.807) is 30.3 Å². The molecule has 0 heterocycles. The summed E-state index contributed by atoms with van der Waals surface area (Å²) in [5, 5.41) is 3.49. The van der Waals surface area contributed by atoms with Crippen molar-refractivity contribution in [3.8, 4) is 0 Å². The predicted octanol–water partition coefficient (Wildman–Crippen LogP) is 5.22. The normalized spacial score (nSPS) is 12.0. The second-order valence-electron chi connectivity index (χ2n) is 9.75. The number of halogens is 1. The van der Waals surface area contributed by atoms with Crippen molar-refractivity contribution in [2.24, 2.45) is 0 Å². The number of aryl methyl sites for hydroxylation is 1. The van der Waals surface area contributed by atoms with Gasteiger partial charge in [0.2, 0.25) is 21.8 Å². The van der Waals surface area contributed by atoms with Crippen molar-refractivity contribution in [1.82, 2.24) is 10.2 Å². The van der Waals surface area contributed by atoms with Crippen molar-refractivity contribution >= 4 is 39.1 Å². The third-order valence-electron chi connectivity index (χ3n) is 6.66. The number of rotatable bonds is 14. The van der Waals surface area contributed by atoms with Crippen molar-refractivity contribution in [2.45, 2.75) is 52.1 Å². The Kier molecular flexibility index (Phi) is 11.6. The van der Waals surface area contributed by atoms with Gasteiger partial charge in [0.1, 0.15) is 12.6 Å². The number of carbonyl (C=O) groups is 2. The number of hydrogen-bond donors (Lipinski definition) is 1. The van der Waals surface area contributed by atoms with Gasteiger partial charge in [-0.3, -0.25) is 13.9 Å². The molecule has 0 aliphatic rings. The molecule has 0 aliphatic heterocycles. The molecule has 0 bridgehead atoms. The summed E-state index contributed by atoms with van der Waals surface area (Å²) in [4.78, 5) is 29.2. The van der Waals surface area contributed by atoms with Gasteiger partial charge in [-0.05, 0) is 47.7 Å². The highest BCUT2D eigenvalue weighted by Gasteiger charge is 2.33. The molecule has 1 atom stereocenters. The molecule has 0 saturated carbocycles. The molecule has 0 spiro atoms. The van der Waals surface area contributed by atoms with Crippen LogP contribution in [0.5, 0.6) is 0 Å². The van der Waals surface area contributed by atoms with E-state index in [-0.39, 0.29) is 18.9 Å². The summed E-state index contributed by atoms with van der Waals surface area (Å²) in [5.41, 5.74) is 2.88. The highest BCUT2D eigenvalue weighted by atomic mass is 35.5. The molecule has 3 aromatic carbocycles. The van der Waals surface area contributed by atoms with Gasteiger partial charge in [0, 0.05) is 24.5 Å². The maximum Gasteiger partial charge on any atom is 0.244 e. The third kappa shape index (κ3) is 8.83. The van der Waals surface area contributed by atoms with E-state index in [0.717, 1.165) is 40.1 Å². The lowest BCUT2D eigenvalue weighted by Crippen LogP contribution is -2.53. The summed E-state index contributed by atoms with van der Waals surface area (Å²) in [6.45, 7) is 4.10. The van der Waals surface area contributed by atoms with E-state index in [9.17, 15) is 18.0 Å². The van der Waals surface area contributed by atoms with E-state index in [0.29, 0.717) is 23.7 Å². The monoisotopic (exact) mass is 583 g/mol. The van der Waals surface area contributed by atoms with Crippen molar-refractivity contribution in [1.29, 1.82) is 0 Å². The Labute approximate surface area is 243 Å². The van der Waals surface area contributed by atoms with Gasteiger partial charge < -0.3 is 10.2 Å². The predicted molar refractivity (Wildman–Crippen MR) is 162 cm³/mol. The summed E-state index contributed by atoms with van der Waals surface area (Å²) in [7, 11) is -3.82. The van der Waals surface area contributed by atoms with Crippen LogP contribution in [0, 0.1) is 0 Å². The van der Waals surface area contributed by atoms with Crippen LogP contribution in [0.2, 0.25) is 5.02 Å². The molecule has 0 saturated heterocycles. The molecule has 0 fully saturated rings. The Morgan fingerprint density at radius 3 is 2.25 bits per heavy atom. The van der Waals surface area contributed by atoms with Gasteiger partial charge in [0.25, 0.3) is 0 Å². The van der Waals surface area contributed by atoms with Crippen LogP contribution in [0.3, 0.4) is 0 Å². The van der Waals surface area contributed by atoms with Crippen LogP contribution in [0.1, 0.15) is 43.4 Å². The topological polar surface area (TPSA) is 86.8 Å². The zero-order valence-electron chi connectivity index (χ0n) is 23.3. The summed E-state index contributed by atoms with van der Waals surface area (Å²) >= 11 is 6.25. The fourth-order valence-corrected chi connectivity index (χ4v) is 5.63. The molecular weight excluding hydrogens is 546 g/mol. The smallest absolute Gasteiger partial charge is 0.244 e. The lowest BCUT2D eigenvalue weighted by molar-refractivity contribution is -0.140. The van der Waals surface area contributed by atoms with Crippen LogP contribution in [0.15, 0.2) is 78.9 Å². The fraction of sp³-hybridized carbons (Fsp3) is 0.355. The minimum atomic E-state index is -3.82. The molecule has 40 heavy (non-hydrogen) atoms. The van der Waals surface area contributed by atoms with E-state index >= 15 is 0 Å². The SMILES string of the molecule is CCCCNC(=O)[C@H](Cc1ccccc1)N(Cc1cccc(Cl)c1)C(=O)CN(c1ccccc1CC)S(C)(=O)=O. The Bertz CT molecular complexity index is 1380. The quantitative estimate of drug-likeness (QED) is 0.263. The van der Waals surface area contributed by atoms with E-state index in [1.807, 2.05) is 62.4 Å². The number of unbranched alkanes of at least 4 members (excludes halogenated alkanes) is 1. The average molecular weight is 584 g/mol. The van der Waals surface area contributed by atoms with Crippen molar-refractivity contribution in [3.05, 3.63) is 101 Å². The summed E-state index contributed by atoms with van der Waals surface area (Å²) in [6.07, 6.45) is 3.68. The maximum absolute atomic E-state index is 14.1. The van der Waals surface area contributed by atoms with Crippen LogP contribution < -0.4 is 9.62 Å². The Hall–Kier alpha value is -3.36. The molecule has 2 amide bonds. The Morgan fingerprint density at radius 1 is 0.925 bits per heavy atom. The number of anilines is 1. The number of carbonyl (C=O) groups excluding carboxylic acids is 2. The highest BCUT2D eigenvalue weighted by Crippen LogP contribution is 2.25. The first kappa shape index (κ1) is 31.2. The van der Waals surface area contributed by atoms with Crippen molar-refractivity contribution < 1.29 is 18.0 Å². The fourth-order valence-electron chi connectivity index (χ4n) is 4.54. The molecule has 7 nitrogen and oxygen atoms in total. The zero-order valence-corrected chi connectivity index (χ0v) is 24.9. The molecular formula is C31H38ClN3O4S. The first-order valence-electron chi connectivity index (χ1n) is 13.5. The number of amides is 2. The van der Waals surface area contributed by atoms with E-state index in [4.69, 9.17) is 11.6 Å². The first-order chi connectivity index (χ1) is 19.1. The van der Waals surface area contributed by atoms with Crippen LogP contribution in [-0.4, -0.2) is 50.5 Å². The Morgan fingerprint density at radius 2 is 1.60 bits per heavy atom. The minimum Gasteiger partial charge on any atom is -0.354 e. The lowest BCUT2D eigenvalue weighted by atomic mass is 10.0. The number of nitrogens with zero attached hydrogens (tertiary/aromatic N) is 2. The van der Waals surface area contributed by atoms with E-state index in [2.05, 4.69) is 5.32 Å². The number of nitrogens with one attached hydrogen (secondary N) is 1. The van der Waals surface area contributed by atoms with Gasteiger partial charge in [-0.25, -0.2) is 8.42 Å². The Balaban J connectivity index is 2.05. The van der Waals surface area contributed by atoms with Crippen molar-refractivity contribution in [3.63, 3.8) is 0 Å². The third-order valence-corrected chi connectivity index (χ3v) is 8.02. The summed E-state index contributed by atoms with van der Waals surface area (Å²) < 4.78 is 27.1. The molecule has 3 rings (SSSR count). The highest BCUT2D eigenvalue weighted by molar-refractivity contribution is 7.92. The van der Waals surface area contributed by atoms with E-state index in [1.165, 1.54) is 4.90 Å². The summed E-state index contributed by atoms with van der Waals surface area (Å²) in [5.74, 6) is -0.768. The molecule has 0 aliphatic carbocycles. The average Bonchev–Trinajstić information content (AvgIpc) is 2.93. The summed E-state index contributed by atoms with van der Waals surface area (Å²) in [6, 6.07) is 22.9. The van der Waals surface area contributed by atoms with Crippen LogP contribution >= 0.6 is 11.6 Å². The first-order valence-corrected chi connectivity index (χ1v) is 15.8. The number of benzene rings is 3. The number of sulfonamides is 1. The van der Waals surface area contributed by atoms with Gasteiger partial charge in [-0.2, -0.15) is 0 Å². The molecule has 9 heteroatoms. The minimum absolute atomic E-state index is 0.0884. The lowest BCUT2D eigenvalue weighted by Gasteiger charge is -2.34. The van der Waals surface area contributed by atoms with Crippen LogP contribution in [0.4, 0.5) is 5.69 Å². The zero-order chi connectivity index (χ0) is 29.1. The van der Waals surface area contributed by atoms with Crippen LogP contribution in [-0.2, 0) is 39.0 Å². The largest absolute Gasteiger partial charge is 0.354 e. The standard InChI is InChI=1S/C31H38ClN3O4S/c1-4-6-19-33-31(37)29(21-24-13-8-7-9-14-24)34(22-25-15-12-17-27(32)20-25)30(36)23-35(40(3,38)39)28-18-11-10-16-26(28)5-2/h7-18,20,29H,4-6,19,21-23H2,1-3H3,(H,33,37)/t29-/m0/s1.